The van der Waals surface area contributed by atoms with Crippen molar-refractivity contribution in [1.82, 2.24) is 20.1 Å². The van der Waals surface area contributed by atoms with Crippen LogP contribution < -0.4 is 9.80 Å². The summed E-state index contributed by atoms with van der Waals surface area (Å²) in [6.45, 7) is 1.80. The lowest BCUT2D eigenvalue weighted by Crippen LogP contribution is -2.21. The zero-order chi connectivity index (χ0) is 19.3. The van der Waals surface area contributed by atoms with E-state index in [2.05, 4.69) is 20.1 Å². The van der Waals surface area contributed by atoms with Crippen molar-refractivity contribution in [1.29, 1.82) is 0 Å². The van der Waals surface area contributed by atoms with Gasteiger partial charge in [-0.3, -0.25) is 4.98 Å². The van der Waals surface area contributed by atoms with Gasteiger partial charge in [0, 0.05) is 19.6 Å². The Kier molecular flexibility index (Phi) is 4.08. The Labute approximate surface area is 158 Å². The minimum Gasteiger partial charge on any atom is -0.391 e. The molecular formula is C18H18F2N6O2. The van der Waals surface area contributed by atoms with Crippen LogP contribution in [0.5, 0.6) is 0 Å². The third-order valence-corrected chi connectivity index (χ3v) is 5.18. The van der Waals surface area contributed by atoms with E-state index in [4.69, 9.17) is 4.52 Å². The SMILES string of the molecule is OC1CCN(c2nc(-c3c(F)cnc4ccc(N5CCC(F)C5)nc34)no2)C1. The lowest BCUT2D eigenvalue weighted by Gasteiger charge is -2.17. The highest BCUT2D eigenvalue weighted by molar-refractivity contribution is 5.90. The highest BCUT2D eigenvalue weighted by atomic mass is 19.1. The van der Waals surface area contributed by atoms with Gasteiger partial charge in [0.25, 0.3) is 0 Å². The van der Waals surface area contributed by atoms with Crippen LogP contribution in [-0.4, -0.2) is 63.7 Å². The summed E-state index contributed by atoms with van der Waals surface area (Å²) < 4.78 is 33.5. The molecule has 0 radical (unpaired) electrons. The average Bonchev–Trinajstić information content (AvgIpc) is 3.42. The number of alkyl halides is 1. The standard InChI is InChI=1S/C18H18F2N6O2/c19-10-3-5-25(8-10)14-2-1-13-16(22-14)15(12(20)7-21-13)17-23-18(28-24-17)26-6-4-11(27)9-26/h1-2,7,10-11,27H,3-6,8-9H2. The fourth-order valence-electron chi connectivity index (χ4n) is 3.71. The number of pyridine rings is 2. The van der Waals surface area contributed by atoms with Gasteiger partial charge < -0.3 is 19.4 Å². The summed E-state index contributed by atoms with van der Waals surface area (Å²) in [6, 6.07) is 3.71. The Morgan fingerprint density at radius 3 is 2.71 bits per heavy atom. The number of aliphatic hydroxyl groups excluding tert-OH is 1. The van der Waals surface area contributed by atoms with Crippen LogP contribution in [0.25, 0.3) is 22.4 Å². The van der Waals surface area contributed by atoms with E-state index in [0.29, 0.717) is 49.3 Å². The summed E-state index contributed by atoms with van der Waals surface area (Å²) in [6.07, 6.45) is 0.822. The molecule has 2 aliphatic rings. The molecule has 3 aromatic heterocycles. The van der Waals surface area contributed by atoms with Crippen molar-refractivity contribution in [3.63, 3.8) is 0 Å². The number of hydrogen-bond acceptors (Lipinski definition) is 8. The Bertz CT molecular complexity index is 1030. The van der Waals surface area contributed by atoms with Crippen molar-refractivity contribution < 1.29 is 18.4 Å². The lowest BCUT2D eigenvalue weighted by atomic mass is 10.1. The smallest absolute Gasteiger partial charge is 0.324 e. The van der Waals surface area contributed by atoms with Crippen LogP contribution in [0.1, 0.15) is 12.8 Å². The summed E-state index contributed by atoms with van der Waals surface area (Å²) in [5.74, 6) is 0.0131. The molecule has 5 rings (SSSR count). The molecule has 0 saturated carbocycles. The van der Waals surface area contributed by atoms with Crippen LogP contribution >= 0.6 is 0 Å². The van der Waals surface area contributed by atoms with Gasteiger partial charge >= 0.3 is 6.01 Å². The van der Waals surface area contributed by atoms with Gasteiger partial charge in [-0.05, 0) is 25.0 Å². The first-order chi connectivity index (χ1) is 13.6. The van der Waals surface area contributed by atoms with Crippen molar-refractivity contribution in [3.05, 3.63) is 24.1 Å². The van der Waals surface area contributed by atoms with Crippen molar-refractivity contribution in [3.8, 4) is 11.4 Å². The van der Waals surface area contributed by atoms with Crippen molar-refractivity contribution in [2.75, 3.05) is 36.0 Å². The van der Waals surface area contributed by atoms with Crippen LogP contribution in [0.2, 0.25) is 0 Å². The van der Waals surface area contributed by atoms with Crippen molar-refractivity contribution in [2.24, 2.45) is 0 Å². The van der Waals surface area contributed by atoms with Crippen LogP contribution in [0, 0.1) is 5.82 Å². The predicted octanol–water partition coefficient (Wildman–Crippen LogP) is 1.94. The number of hydrogen-bond donors (Lipinski definition) is 1. The molecule has 0 aromatic carbocycles. The maximum Gasteiger partial charge on any atom is 0.324 e. The fourth-order valence-corrected chi connectivity index (χ4v) is 3.71. The minimum absolute atomic E-state index is 0.0655. The second-order valence-electron chi connectivity index (χ2n) is 7.14. The number of nitrogens with zero attached hydrogens (tertiary/aromatic N) is 6. The van der Waals surface area contributed by atoms with Crippen LogP contribution in [0.15, 0.2) is 22.9 Å². The second kappa shape index (κ2) is 6.62. The first-order valence-corrected chi connectivity index (χ1v) is 9.20. The molecule has 2 fully saturated rings. The van der Waals surface area contributed by atoms with E-state index in [-0.39, 0.29) is 23.9 Å². The summed E-state index contributed by atoms with van der Waals surface area (Å²) in [7, 11) is 0. The summed E-state index contributed by atoms with van der Waals surface area (Å²) in [4.78, 5) is 16.5. The number of aromatic nitrogens is 4. The number of aliphatic hydroxyl groups is 1. The Hall–Kier alpha value is -2.88. The zero-order valence-electron chi connectivity index (χ0n) is 14.9. The monoisotopic (exact) mass is 388 g/mol. The molecule has 3 aromatic rings. The second-order valence-corrected chi connectivity index (χ2v) is 7.14. The maximum absolute atomic E-state index is 14.7. The van der Waals surface area contributed by atoms with E-state index in [0.717, 1.165) is 6.20 Å². The molecule has 0 aliphatic carbocycles. The van der Waals surface area contributed by atoms with Gasteiger partial charge in [-0.1, -0.05) is 5.16 Å². The average molecular weight is 388 g/mol. The topological polar surface area (TPSA) is 91.4 Å². The van der Waals surface area contributed by atoms with Gasteiger partial charge in [0.05, 0.1) is 29.9 Å². The third kappa shape index (κ3) is 2.93. The first kappa shape index (κ1) is 17.2. The molecule has 5 heterocycles. The summed E-state index contributed by atoms with van der Waals surface area (Å²) >= 11 is 0. The van der Waals surface area contributed by atoms with Gasteiger partial charge in [-0.2, -0.15) is 4.98 Å². The Morgan fingerprint density at radius 2 is 1.96 bits per heavy atom. The third-order valence-electron chi connectivity index (χ3n) is 5.18. The molecule has 0 bridgehead atoms. The fraction of sp³-hybridized carbons (Fsp3) is 0.444. The summed E-state index contributed by atoms with van der Waals surface area (Å²) in [5, 5.41) is 13.6. The van der Waals surface area contributed by atoms with Crippen molar-refractivity contribution >= 4 is 22.9 Å². The number of halogens is 2. The molecule has 2 saturated heterocycles. The van der Waals surface area contributed by atoms with Gasteiger partial charge in [-0.25, -0.2) is 13.8 Å². The van der Waals surface area contributed by atoms with E-state index in [1.807, 2.05) is 4.90 Å². The van der Waals surface area contributed by atoms with E-state index >= 15 is 0 Å². The van der Waals surface area contributed by atoms with Crippen LogP contribution in [0.3, 0.4) is 0 Å². The quantitative estimate of drug-likeness (QED) is 0.728. The van der Waals surface area contributed by atoms with E-state index in [1.54, 1.807) is 17.0 Å². The molecule has 10 heteroatoms. The Balaban J connectivity index is 1.56. The van der Waals surface area contributed by atoms with Crippen LogP contribution in [0.4, 0.5) is 20.6 Å². The highest BCUT2D eigenvalue weighted by Gasteiger charge is 2.27. The first-order valence-electron chi connectivity index (χ1n) is 9.20. The normalized spacial score (nSPS) is 22.5. The van der Waals surface area contributed by atoms with E-state index < -0.39 is 18.1 Å². The predicted molar refractivity (Wildman–Crippen MR) is 97.4 cm³/mol. The van der Waals surface area contributed by atoms with E-state index in [9.17, 15) is 13.9 Å². The zero-order valence-corrected chi connectivity index (χ0v) is 14.9. The van der Waals surface area contributed by atoms with Crippen LogP contribution in [-0.2, 0) is 0 Å². The van der Waals surface area contributed by atoms with Crippen molar-refractivity contribution in [2.45, 2.75) is 25.1 Å². The largest absolute Gasteiger partial charge is 0.391 e. The number of β-amino-alcohol motifs (C(OH)–C–C–N with tert-alkyl or cyclic N) is 1. The maximum atomic E-state index is 14.7. The Morgan fingerprint density at radius 1 is 1.11 bits per heavy atom. The van der Waals surface area contributed by atoms with Gasteiger partial charge in [-0.15, -0.1) is 0 Å². The number of rotatable bonds is 3. The molecule has 2 aliphatic heterocycles. The molecule has 146 valence electrons. The minimum atomic E-state index is -0.891. The molecule has 8 nitrogen and oxygen atoms in total. The highest BCUT2D eigenvalue weighted by Crippen LogP contribution is 2.31. The molecule has 28 heavy (non-hydrogen) atoms. The van der Waals surface area contributed by atoms with E-state index in [1.165, 1.54) is 0 Å². The molecule has 0 amide bonds. The number of anilines is 2. The number of fused-ring (bicyclic) bond motifs is 1. The van der Waals surface area contributed by atoms with Gasteiger partial charge in [0.1, 0.15) is 17.5 Å². The molecular weight excluding hydrogens is 370 g/mol. The molecule has 0 spiro atoms. The lowest BCUT2D eigenvalue weighted by molar-refractivity contribution is 0.197. The van der Waals surface area contributed by atoms with Gasteiger partial charge in [0.2, 0.25) is 5.82 Å². The molecule has 2 unspecified atom stereocenters. The van der Waals surface area contributed by atoms with Gasteiger partial charge in [0.15, 0.2) is 5.82 Å². The molecule has 1 N–H and O–H groups in total. The summed E-state index contributed by atoms with van der Waals surface area (Å²) in [5.41, 5.74) is 0.880. The molecule has 2 atom stereocenters.